The van der Waals surface area contributed by atoms with E-state index in [0.717, 1.165) is 17.3 Å². The molecule has 1 atom stereocenters. The van der Waals surface area contributed by atoms with Crippen molar-refractivity contribution in [1.82, 2.24) is 20.4 Å². The Labute approximate surface area is 141 Å². The highest BCUT2D eigenvalue weighted by molar-refractivity contribution is 8.07. The van der Waals surface area contributed by atoms with E-state index < -0.39 is 0 Å². The van der Waals surface area contributed by atoms with E-state index >= 15 is 0 Å². The van der Waals surface area contributed by atoms with Gasteiger partial charge in [-0.05, 0) is 0 Å². The van der Waals surface area contributed by atoms with Crippen molar-refractivity contribution < 1.29 is 9.59 Å². The molecule has 7 nitrogen and oxygen atoms in total. The Hall–Kier alpha value is -1.00. The SMILES string of the molecule is CN(CCNC(=O)Cc1nnc(N)s1)C(=O)C1CSCCS1. The van der Waals surface area contributed by atoms with E-state index in [-0.39, 0.29) is 23.5 Å². The number of rotatable bonds is 6. The molecule has 0 aliphatic carbocycles. The molecule has 1 aliphatic rings. The number of carbonyl (C=O) groups is 2. The van der Waals surface area contributed by atoms with Gasteiger partial charge >= 0.3 is 0 Å². The second kappa shape index (κ2) is 8.59. The number of likely N-dealkylation sites (N-methyl/N-ethyl adjacent to an activating group) is 1. The van der Waals surface area contributed by atoms with Crippen LogP contribution in [0.15, 0.2) is 0 Å². The van der Waals surface area contributed by atoms with Crippen molar-refractivity contribution in [3.05, 3.63) is 5.01 Å². The molecule has 2 rings (SSSR count). The Balaban J connectivity index is 1.66. The molecule has 1 fully saturated rings. The summed E-state index contributed by atoms with van der Waals surface area (Å²) in [5.41, 5.74) is 5.46. The van der Waals surface area contributed by atoms with Crippen LogP contribution in [0.4, 0.5) is 5.13 Å². The van der Waals surface area contributed by atoms with Crippen LogP contribution in [0.25, 0.3) is 0 Å². The molecule has 0 spiro atoms. The molecule has 0 radical (unpaired) electrons. The molecule has 3 N–H and O–H groups in total. The number of carbonyl (C=O) groups excluding carboxylic acids is 2. The molecule has 1 saturated heterocycles. The highest BCUT2D eigenvalue weighted by Gasteiger charge is 2.24. The van der Waals surface area contributed by atoms with Crippen molar-refractivity contribution in [1.29, 1.82) is 0 Å². The minimum absolute atomic E-state index is 0.0452. The molecule has 22 heavy (non-hydrogen) atoms. The van der Waals surface area contributed by atoms with Crippen molar-refractivity contribution in [2.45, 2.75) is 11.7 Å². The molecule has 1 unspecified atom stereocenters. The van der Waals surface area contributed by atoms with E-state index in [4.69, 9.17) is 5.73 Å². The second-order valence-electron chi connectivity index (χ2n) is 4.75. The van der Waals surface area contributed by atoms with Gasteiger partial charge in [0, 0.05) is 37.4 Å². The van der Waals surface area contributed by atoms with Crippen LogP contribution in [-0.4, -0.2) is 69.6 Å². The van der Waals surface area contributed by atoms with E-state index in [1.54, 1.807) is 23.7 Å². The summed E-state index contributed by atoms with van der Waals surface area (Å²) in [4.78, 5) is 25.7. The van der Waals surface area contributed by atoms with Crippen molar-refractivity contribution in [2.24, 2.45) is 0 Å². The lowest BCUT2D eigenvalue weighted by atomic mass is 10.3. The third-order valence-corrected chi connectivity index (χ3v) is 6.53. The average Bonchev–Trinajstić information content (AvgIpc) is 2.92. The molecule has 122 valence electrons. The van der Waals surface area contributed by atoms with Gasteiger partial charge in [-0.3, -0.25) is 9.59 Å². The molecular weight excluding hydrogens is 342 g/mol. The zero-order chi connectivity index (χ0) is 15.9. The Kier molecular flexibility index (Phi) is 6.77. The Morgan fingerprint density at radius 3 is 2.86 bits per heavy atom. The lowest BCUT2D eigenvalue weighted by molar-refractivity contribution is -0.129. The molecule has 0 aromatic carbocycles. The zero-order valence-corrected chi connectivity index (χ0v) is 14.7. The lowest BCUT2D eigenvalue weighted by Gasteiger charge is -2.25. The van der Waals surface area contributed by atoms with Crippen molar-refractivity contribution in [2.75, 3.05) is 43.1 Å². The number of anilines is 1. The van der Waals surface area contributed by atoms with Gasteiger partial charge in [0.05, 0.1) is 11.7 Å². The fourth-order valence-corrected chi connectivity index (χ4v) is 5.16. The summed E-state index contributed by atoms with van der Waals surface area (Å²) < 4.78 is 0. The van der Waals surface area contributed by atoms with Gasteiger partial charge in [0.1, 0.15) is 5.01 Å². The van der Waals surface area contributed by atoms with E-state index in [0.29, 0.717) is 23.2 Å². The first-order chi connectivity index (χ1) is 10.6. The zero-order valence-electron chi connectivity index (χ0n) is 12.3. The summed E-state index contributed by atoms with van der Waals surface area (Å²) in [5.74, 6) is 3.02. The fraction of sp³-hybridized carbons (Fsp3) is 0.667. The maximum absolute atomic E-state index is 12.2. The van der Waals surface area contributed by atoms with Crippen molar-refractivity contribution in [3.8, 4) is 0 Å². The predicted octanol–water partition coefficient (Wildman–Crippen LogP) is 0.0860. The standard InChI is InChI=1S/C12H19N5O2S3/c1-17(11(19)8-7-20-4-5-21-8)3-2-14-9(18)6-10-15-16-12(13)22-10/h8H,2-7H2,1H3,(H2,13,16)(H,14,18). The monoisotopic (exact) mass is 361 g/mol. The first-order valence-corrected chi connectivity index (χ1v) is 9.87. The van der Waals surface area contributed by atoms with E-state index in [2.05, 4.69) is 15.5 Å². The van der Waals surface area contributed by atoms with Gasteiger partial charge in [-0.2, -0.15) is 11.8 Å². The third-order valence-electron chi connectivity index (χ3n) is 3.03. The lowest BCUT2D eigenvalue weighted by Crippen LogP contribution is -2.42. The second-order valence-corrected chi connectivity index (χ2v) is 8.31. The van der Waals surface area contributed by atoms with Crippen LogP contribution >= 0.6 is 34.9 Å². The largest absolute Gasteiger partial charge is 0.374 e. The average molecular weight is 362 g/mol. The summed E-state index contributed by atoms with van der Waals surface area (Å²) in [6.45, 7) is 0.935. The van der Waals surface area contributed by atoms with Crippen LogP contribution in [0.3, 0.4) is 0 Å². The van der Waals surface area contributed by atoms with Crippen LogP contribution < -0.4 is 11.1 Å². The van der Waals surface area contributed by atoms with Crippen LogP contribution in [0.1, 0.15) is 5.01 Å². The minimum Gasteiger partial charge on any atom is -0.374 e. The van der Waals surface area contributed by atoms with E-state index in [1.807, 2.05) is 11.8 Å². The normalized spacial score (nSPS) is 18.0. The van der Waals surface area contributed by atoms with Crippen LogP contribution in [-0.2, 0) is 16.0 Å². The number of thioether (sulfide) groups is 2. The van der Waals surface area contributed by atoms with Crippen LogP contribution in [0.5, 0.6) is 0 Å². The maximum Gasteiger partial charge on any atom is 0.236 e. The number of nitrogens with two attached hydrogens (primary N) is 1. The third kappa shape index (κ3) is 5.33. The Morgan fingerprint density at radius 1 is 1.41 bits per heavy atom. The first-order valence-electron chi connectivity index (χ1n) is 6.85. The van der Waals surface area contributed by atoms with Crippen molar-refractivity contribution >= 4 is 51.8 Å². The molecule has 0 saturated carbocycles. The summed E-state index contributed by atoms with van der Waals surface area (Å²) >= 11 is 4.74. The highest BCUT2D eigenvalue weighted by Crippen LogP contribution is 2.25. The Morgan fingerprint density at radius 2 is 2.23 bits per heavy atom. The Bertz CT molecular complexity index is 519. The number of nitrogens with one attached hydrogen (secondary N) is 1. The van der Waals surface area contributed by atoms with Gasteiger partial charge in [-0.1, -0.05) is 11.3 Å². The highest BCUT2D eigenvalue weighted by atomic mass is 32.2. The number of amides is 2. The van der Waals surface area contributed by atoms with Gasteiger partial charge in [0.25, 0.3) is 0 Å². The fourth-order valence-electron chi connectivity index (χ4n) is 1.89. The first kappa shape index (κ1) is 17.4. The summed E-state index contributed by atoms with van der Waals surface area (Å²) in [6, 6.07) is 0. The van der Waals surface area contributed by atoms with Crippen molar-refractivity contribution in [3.63, 3.8) is 0 Å². The topological polar surface area (TPSA) is 101 Å². The molecular formula is C12H19N5O2S3. The number of nitrogen functional groups attached to an aromatic ring is 1. The number of nitrogens with zero attached hydrogens (tertiary/aromatic N) is 3. The van der Waals surface area contributed by atoms with Gasteiger partial charge in [0.2, 0.25) is 16.9 Å². The summed E-state index contributed by atoms with van der Waals surface area (Å²) in [7, 11) is 1.78. The predicted molar refractivity (Wildman–Crippen MR) is 92.2 cm³/mol. The molecule has 2 heterocycles. The van der Waals surface area contributed by atoms with Gasteiger partial charge in [-0.25, -0.2) is 0 Å². The van der Waals surface area contributed by atoms with E-state index in [1.165, 1.54) is 11.3 Å². The van der Waals surface area contributed by atoms with Gasteiger partial charge in [0.15, 0.2) is 0 Å². The molecule has 0 bridgehead atoms. The quantitative estimate of drug-likeness (QED) is 0.740. The smallest absolute Gasteiger partial charge is 0.236 e. The number of hydrogen-bond acceptors (Lipinski definition) is 8. The molecule has 1 aliphatic heterocycles. The molecule has 2 amide bonds. The number of aromatic nitrogens is 2. The summed E-state index contributed by atoms with van der Waals surface area (Å²) in [5, 5.41) is 11.2. The van der Waals surface area contributed by atoms with Crippen LogP contribution in [0, 0.1) is 0 Å². The molecule has 1 aromatic heterocycles. The molecule has 1 aromatic rings. The van der Waals surface area contributed by atoms with Gasteiger partial charge < -0.3 is 16.0 Å². The number of hydrogen-bond donors (Lipinski definition) is 2. The van der Waals surface area contributed by atoms with Gasteiger partial charge in [-0.15, -0.1) is 22.0 Å². The summed E-state index contributed by atoms with van der Waals surface area (Å²) in [6.07, 6.45) is 0.168. The maximum atomic E-state index is 12.2. The molecule has 10 heteroatoms. The van der Waals surface area contributed by atoms with Crippen LogP contribution in [0.2, 0.25) is 0 Å². The van der Waals surface area contributed by atoms with E-state index in [9.17, 15) is 9.59 Å². The minimum atomic E-state index is -0.139.